The van der Waals surface area contributed by atoms with Crippen molar-refractivity contribution in [3.8, 4) is 0 Å². The first-order valence-electron chi connectivity index (χ1n) is 8.15. The summed E-state index contributed by atoms with van der Waals surface area (Å²) in [7, 11) is 0. The molecule has 0 aromatic heterocycles. The van der Waals surface area contributed by atoms with E-state index < -0.39 is 0 Å². The Labute approximate surface area is 148 Å². The van der Waals surface area contributed by atoms with E-state index in [0.29, 0.717) is 16.7 Å². The van der Waals surface area contributed by atoms with Crippen molar-refractivity contribution < 1.29 is 4.79 Å². The molecule has 0 aliphatic carbocycles. The van der Waals surface area contributed by atoms with Crippen LogP contribution in [-0.4, -0.2) is 47.0 Å². The van der Waals surface area contributed by atoms with Gasteiger partial charge in [0.05, 0.1) is 5.92 Å². The molecule has 1 unspecified atom stereocenters. The summed E-state index contributed by atoms with van der Waals surface area (Å²) in [6, 6.07) is 7.49. The van der Waals surface area contributed by atoms with Gasteiger partial charge in [-0.3, -0.25) is 4.79 Å². The van der Waals surface area contributed by atoms with Gasteiger partial charge in [0, 0.05) is 36.9 Å². The maximum atomic E-state index is 12.5. The number of benzene rings is 1. The number of rotatable bonds is 4. The third kappa shape index (κ3) is 4.82. The SMILES string of the molecule is CCN(CC)C(=O)C1CCCN(C(=S)Nc2cccc(Cl)c2)C1. The van der Waals surface area contributed by atoms with Crippen molar-refractivity contribution in [2.45, 2.75) is 26.7 Å². The summed E-state index contributed by atoms with van der Waals surface area (Å²) in [5.41, 5.74) is 0.875. The van der Waals surface area contributed by atoms with Gasteiger partial charge in [-0.05, 0) is 57.1 Å². The number of thiocarbonyl (C=S) groups is 1. The zero-order valence-corrected chi connectivity index (χ0v) is 15.3. The Balaban J connectivity index is 1.97. The Morgan fingerprint density at radius 2 is 2.17 bits per heavy atom. The van der Waals surface area contributed by atoms with Gasteiger partial charge < -0.3 is 15.1 Å². The molecular weight excluding hydrogens is 330 g/mol. The number of carbonyl (C=O) groups is 1. The fourth-order valence-electron chi connectivity index (χ4n) is 2.93. The van der Waals surface area contributed by atoms with E-state index in [0.717, 1.165) is 38.2 Å². The maximum Gasteiger partial charge on any atom is 0.227 e. The van der Waals surface area contributed by atoms with Crippen LogP contribution in [0, 0.1) is 5.92 Å². The number of likely N-dealkylation sites (tertiary alicyclic amines) is 1. The molecular formula is C17H24ClN3OS. The summed E-state index contributed by atoms with van der Waals surface area (Å²) in [6.45, 7) is 7.13. The fraction of sp³-hybridized carbons (Fsp3) is 0.529. The molecule has 1 aliphatic rings. The highest BCUT2D eigenvalue weighted by molar-refractivity contribution is 7.80. The number of hydrogen-bond acceptors (Lipinski definition) is 2. The molecule has 1 N–H and O–H groups in total. The molecule has 4 nitrogen and oxygen atoms in total. The molecule has 0 spiro atoms. The zero-order chi connectivity index (χ0) is 16.8. The van der Waals surface area contributed by atoms with Crippen molar-refractivity contribution >= 4 is 40.5 Å². The van der Waals surface area contributed by atoms with Crippen LogP contribution >= 0.6 is 23.8 Å². The molecule has 0 bridgehead atoms. The number of amides is 1. The van der Waals surface area contributed by atoms with Gasteiger partial charge in [0.15, 0.2) is 5.11 Å². The second kappa shape index (κ2) is 8.50. The molecule has 1 fully saturated rings. The van der Waals surface area contributed by atoms with Crippen LogP contribution in [0.15, 0.2) is 24.3 Å². The molecule has 1 amide bonds. The van der Waals surface area contributed by atoms with E-state index in [1.165, 1.54) is 0 Å². The normalized spacial score (nSPS) is 17.7. The Morgan fingerprint density at radius 1 is 1.43 bits per heavy atom. The van der Waals surface area contributed by atoms with Crippen molar-refractivity contribution in [3.63, 3.8) is 0 Å². The van der Waals surface area contributed by atoms with Crippen molar-refractivity contribution in [1.82, 2.24) is 9.80 Å². The number of nitrogens with zero attached hydrogens (tertiary/aromatic N) is 2. The van der Waals surface area contributed by atoms with Crippen molar-refractivity contribution in [1.29, 1.82) is 0 Å². The second-order valence-corrected chi connectivity index (χ2v) is 6.56. The highest BCUT2D eigenvalue weighted by atomic mass is 35.5. The Hall–Kier alpha value is -1.33. The van der Waals surface area contributed by atoms with E-state index in [1.54, 1.807) is 0 Å². The first kappa shape index (κ1) is 18.0. The van der Waals surface area contributed by atoms with Gasteiger partial charge in [0.2, 0.25) is 5.91 Å². The van der Waals surface area contributed by atoms with E-state index in [2.05, 4.69) is 10.2 Å². The number of carbonyl (C=O) groups excluding carboxylic acids is 1. The molecule has 2 rings (SSSR count). The van der Waals surface area contributed by atoms with Crippen molar-refractivity contribution in [2.75, 3.05) is 31.5 Å². The van der Waals surface area contributed by atoms with E-state index in [-0.39, 0.29) is 11.8 Å². The Bertz CT molecular complexity index is 563. The summed E-state index contributed by atoms with van der Waals surface area (Å²) in [6.07, 6.45) is 1.92. The predicted octanol–water partition coefficient (Wildman–Crippen LogP) is 3.62. The number of anilines is 1. The first-order valence-corrected chi connectivity index (χ1v) is 8.94. The molecule has 1 saturated heterocycles. The molecule has 0 radical (unpaired) electrons. The minimum Gasteiger partial charge on any atom is -0.348 e. The lowest BCUT2D eigenvalue weighted by atomic mass is 9.96. The standard InChI is InChI=1S/C17H24ClN3OS/c1-3-20(4-2)16(22)13-7-6-10-21(12-13)17(23)19-15-9-5-8-14(18)11-15/h5,8-9,11,13H,3-4,6-7,10,12H2,1-2H3,(H,19,23). The third-order valence-electron chi connectivity index (χ3n) is 4.21. The number of piperidine rings is 1. The molecule has 1 atom stereocenters. The van der Waals surface area contributed by atoms with Gasteiger partial charge in [-0.25, -0.2) is 0 Å². The van der Waals surface area contributed by atoms with Crippen LogP contribution in [0.25, 0.3) is 0 Å². The van der Waals surface area contributed by atoms with Crippen LogP contribution in [0.4, 0.5) is 5.69 Å². The largest absolute Gasteiger partial charge is 0.348 e. The number of hydrogen-bond donors (Lipinski definition) is 1. The van der Waals surface area contributed by atoms with Gasteiger partial charge >= 0.3 is 0 Å². The first-order chi connectivity index (χ1) is 11.0. The fourth-order valence-corrected chi connectivity index (χ4v) is 3.40. The Morgan fingerprint density at radius 3 is 2.83 bits per heavy atom. The molecule has 126 valence electrons. The van der Waals surface area contributed by atoms with Crippen LogP contribution in [0.5, 0.6) is 0 Å². The van der Waals surface area contributed by atoms with Crippen LogP contribution < -0.4 is 5.32 Å². The van der Waals surface area contributed by atoms with E-state index in [1.807, 2.05) is 43.0 Å². The van der Waals surface area contributed by atoms with E-state index in [4.69, 9.17) is 23.8 Å². The summed E-state index contributed by atoms with van der Waals surface area (Å²) in [5.74, 6) is 0.271. The van der Waals surface area contributed by atoms with Gasteiger partial charge in [-0.1, -0.05) is 17.7 Å². The lowest BCUT2D eigenvalue weighted by Gasteiger charge is -2.36. The Kier molecular flexibility index (Phi) is 6.66. The number of nitrogens with one attached hydrogen (secondary N) is 1. The molecule has 23 heavy (non-hydrogen) atoms. The minimum atomic E-state index is 0.0303. The van der Waals surface area contributed by atoms with Gasteiger partial charge in [0.25, 0.3) is 0 Å². The van der Waals surface area contributed by atoms with Crippen LogP contribution in [-0.2, 0) is 4.79 Å². The summed E-state index contributed by atoms with van der Waals surface area (Å²) >= 11 is 11.5. The van der Waals surface area contributed by atoms with Crippen LogP contribution in [0.1, 0.15) is 26.7 Å². The van der Waals surface area contributed by atoms with Gasteiger partial charge in [-0.15, -0.1) is 0 Å². The zero-order valence-electron chi connectivity index (χ0n) is 13.7. The van der Waals surface area contributed by atoms with E-state index >= 15 is 0 Å². The summed E-state index contributed by atoms with van der Waals surface area (Å²) in [4.78, 5) is 16.5. The van der Waals surface area contributed by atoms with Crippen molar-refractivity contribution in [3.05, 3.63) is 29.3 Å². The quantitative estimate of drug-likeness (QED) is 0.839. The average molecular weight is 354 g/mol. The highest BCUT2D eigenvalue weighted by Crippen LogP contribution is 2.21. The average Bonchev–Trinajstić information content (AvgIpc) is 2.56. The van der Waals surface area contributed by atoms with Crippen molar-refractivity contribution in [2.24, 2.45) is 5.92 Å². The smallest absolute Gasteiger partial charge is 0.227 e. The minimum absolute atomic E-state index is 0.0303. The molecule has 0 saturated carbocycles. The molecule has 1 aromatic carbocycles. The second-order valence-electron chi connectivity index (χ2n) is 5.74. The summed E-state index contributed by atoms with van der Waals surface area (Å²) < 4.78 is 0. The monoisotopic (exact) mass is 353 g/mol. The number of halogens is 1. The predicted molar refractivity (Wildman–Crippen MR) is 99.9 cm³/mol. The van der Waals surface area contributed by atoms with E-state index in [9.17, 15) is 4.79 Å². The topological polar surface area (TPSA) is 35.6 Å². The molecule has 1 aromatic rings. The molecule has 6 heteroatoms. The van der Waals surface area contributed by atoms with Crippen LogP contribution in [0.3, 0.4) is 0 Å². The lowest BCUT2D eigenvalue weighted by molar-refractivity contribution is -0.136. The maximum absolute atomic E-state index is 12.5. The summed E-state index contributed by atoms with van der Waals surface area (Å²) in [5, 5.41) is 4.55. The molecule has 1 heterocycles. The third-order valence-corrected chi connectivity index (χ3v) is 4.80. The van der Waals surface area contributed by atoms with Gasteiger partial charge in [-0.2, -0.15) is 0 Å². The molecule has 1 aliphatic heterocycles. The highest BCUT2D eigenvalue weighted by Gasteiger charge is 2.29. The van der Waals surface area contributed by atoms with Gasteiger partial charge in [0.1, 0.15) is 0 Å². The van der Waals surface area contributed by atoms with Crippen LogP contribution in [0.2, 0.25) is 5.02 Å². The lowest BCUT2D eigenvalue weighted by Crippen LogP contribution is -2.47.